The topological polar surface area (TPSA) is 51.2 Å². The Hall–Kier alpha value is -2.36. The van der Waals surface area contributed by atoms with Crippen molar-refractivity contribution >= 4 is 11.6 Å². The number of amides is 1. The third-order valence-electron chi connectivity index (χ3n) is 3.68. The molecule has 2 rings (SSSR count). The number of ether oxygens (including phenoxy) is 1. The van der Waals surface area contributed by atoms with Gasteiger partial charge in [-0.05, 0) is 24.5 Å². The van der Waals surface area contributed by atoms with Gasteiger partial charge in [0.25, 0.3) is 0 Å². The summed E-state index contributed by atoms with van der Waals surface area (Å²) in [5, 5.41) is 2.93. The fourth-order valence-electron chi connectivity index (χ4n) is 2.35. The molecule has 0 aliphatic heterocycles. The van der Waals surface area contributed by atoms with E-state index in [-0.39, 0.29) is 11.8 Å². The average molecular weight is 312 g/mol. The molecular formula is C19H24N2O2. The van der Waals surface area contributed by atoms with Gasteiger partial charge in [0.1, 0.15) is 0 Å². The Balaban J connectivity index is 1.96. The number of carbonyl (C=O) groups excluding carboxylic acids is 1. The van der Waals surface area contributed by atoms with Crippen molar-refractivity contribution < 1.29 is 9.53 Å². The molecule has 1 unspecified atom stereocenters. The van der Waals surface area contributed by atoms with Crippen molar-refractivity contribution in [2.75, 3.05) is 11.9 Å². The van der Waals surface area contributed by atoms with Gasteiger partial charge >= 0.3 is 0 Å². The Morgan fingerprint density at radius 2 is 1.96 bits per heavy atom. The second kappa shape index (κ2) is 8.93. The maximum absolute atomic E-state index is 12.5. The van der Waals surface area contributed by atoms with Crippen molar-refractivity contribution in [2.24, 2.45) is 0 Å². The largest absolute Gasteiger partial charge is 0.478 e. The zero-order valence-electron chi connectivity index (χ0n) is 13.8. The molecule has 0 saturated heterocycles. The first-order valence-corrected chi connectivity index (χ1v) is 8.19. The third-order valence-corrected chi connectivity index (χ3v) is 3.68. The van der Waals surface area contributed by atoms with Crippen LogP contribution in [0, 0.1) is 0 Å². The van der Waals surface area contributed by atoms with Crippen LogP contribution in [0.3, 0.4) is 0 Å². The first kappa shape index (κ1) is 17.0. The summed E-state index contributed by atoms with van der Waals surface area (Å²) < 4.78 is 5.52. The van der Waals surface area contributed by atoms with Crippen LogP contribution in [0.5, 0.6) is 5.88 Å². The summed E-state index contributed by atoms with van der Waals surface area (Å²) in [4.78, 5) is 16.7. The van der Waals surface area contributed by atoms with Crippen LogP contribution in [0.1, 0.15) is 44.6 Å². The summed E-state index contributed by atoms with van der Waals surface area (Å²) in [5.41, 5.74) is 1.72. The van der Waals surface area contributed by atoms with Gasteiger partial charge in [-0.2, -0.15) is 0 Å². The molecule has 0 spiro atoms. The van der Waals surface area contributed by atoms with Gasteiger partial charge < -0.3 is 10.1 Å². The molecule has 2 aromatic rings. The Labute approximate surface area is 137 Å². The van der Waals surface area contributed by atoms with Crippen LogP contribution >= 0.6 is 0 Å². The van der Waals surface area contributed by atoms with E-state index in [1.165, 1.54) is 0 Å². The molecular weight excluding hydrogens is 288 g/mol. The predicted molar refractivity (Wildman–Crippen MR) is 92.7 cm³/mol. The molecule has 1 N–H and O–H groups in total. The number of hydrogen-bond donors (Lipinski definition) is 1. The van der Waals surface area contributed by atoms with Crippen molar-refractivity contribution in [3.63, 3.8) is 0 Å². The van der Waals surface area contributed by atoms with Crippen LogP contribution in [0.25, 0.3) is 0 Å². The molecule has 1 atom stereocenters. The Morgan fingerprint density at radius 1 is 1.17 bits per heavy atom. The van der Waals surface area contributed by atoms with E-state index in [9.17, 15) is 4.79 Å². The number of nitrogens with one attached hydrogen (secondary N) is 1. The number of nitrogens with zero attached hydrogens (tertiary/aromatic N) is 1. The first-order chi connectivity index (χ1) is 11.2. The van der Waals surface area contributed by atoms with Crippen LogP contribution in [-0.2, 0) is 4.79 Å². The van der Waals surface area contributed by atoms with E-state index in [1.807, 2.05) is 43.3 Å². The Bertz CT molecular complexity index is 597. The standard InChI is InChI=1S/C19H24N2O2/c1-3-5-13-23-18-12-11-16(14-20-18)21-19(22)17(4-2)15-9-7-6-8-10-15/h6-12,14,17H,3-5,13H2,1-2H3,(H,21,22). The molecule has 1 aromatic carbocycles. The zero-order valence-corrected chi connectivity index (χ0v) is 13.8. The molecule has 1 amide bonds. The zero-order chi connectivity index (χ0) is 16.5. The number of rotatable bonds is 8. The van der Waals surface area contributed by atoms with E-state index in [2.05, 4.69) is 17.2 Å². The van der Waals surface area contributed by atoms with Gasteiger partial charge in [0.15, 0.2) is 0 Å². The number of carbonyl (C=O) groups is 1. The summed E-state index contributed by atoms with van der Waals surface area (Å²) in [6.45, 7) is 4.80. The SMILES string of the molecule is CCCCOc1ccc(NC(=O)C(CC)c2ccccc2)cn1. The number of aromatic nitrogens is 1. The van der Waals surface area contributed by atoms with Gasteiger partial charge in [-0.15, -0.1) is 0 Å². The molecule has 0 aliphatic carbocycles. The Morgan fingerprint density at radius 3 is 2.57 bits per heavy atom. The molecule has 122 valence electrons. The number of anilines is 1. The van der Waals surface area contributed by atoms with Gasteiger partial charge in [-0.25, -0.2) is 4.98 Å². The minimum Gasteiger partial charge on any atom is -0.478 e. The van der Waals surface area contributed by atoms with Crippen LogP contribution in [-0.4, -0.2) is 17.5 Å². The first-order valence-electron chi connectivity index (χ1n) is 8.19. The maximum atomic E-state index is 12.5. The summed E-state index contributed by atoms with van der Waals surface area (Å²) in [5.74, 6) is 0.420. The van der Waals surface area contributed by atoms with E-state index in [1.54, 1.807) is 12.3 Å². The highest BCUT2D eigenvalue weighted by Gasteiger charge is 2.18. The maximum Gasteiger partial charge on any atom is 0.231 e. The minimum absolute atomic E-state index is 0.0137. The van der Waals surface area contributed by atoms with E-state index < -0.39 is 0 Å². The van der Waals surface area contributed by atoms with Crippen LogP contribution in [0.15, 0.2) is 48.7 Å². The van der Waals surface area contributed by atoms with Crippen molar-refractivity contribution in [1.29, 1.82) is 0 Å². The average Bonchev–Trinajstić information content (AvgIpc) is 2.58. The molecule has 1 aromatic heterocycles. The lowest BCUT2D eigenvalue weighted by Gasteiger charge is -2.15. The predicted octanol–water partition coefficient (Wildman–Crippen LogP) is 4.39. The minimum atomic E-state index is -0.156. The summed E-state index contributed by atoms with van der Waals surface area (Å²) in [6, 6.07) is 13.4. The van der Waals surface area contributed by atoms with Gasteiger partial charge in [-0.3, -0.25) is 4.79 Å². The second-order valence-corrected chi connectivity index (χ2v) is 5.45. The number of pyridine rings is 1. The van der Waals surface area contributed by atoms with Crippen molar-refractivity contribution in [1.82, 2.24) is 4.98 Å². The fraction of sp³-hybridized carbons (Fsp3) is 0.368. The molecule has 0 fully saturated rings. The van der Waals surface area contributed by atoms with Gasteiger partial charge in [0, 0.05) is 6.07 Å². The molecule has 0 radical (unpaired) electrons. The molecule has 0 bridgehead atoms. The molecule has 23 heavy (non-hydrogen) atoms. The van der Waals surface area contributed by atoms with Crippen LogP contribution in [0.4, 0.5) is 5.69 Å². The lowest BCUT2D eigenvalue weighted by Crippen LogP contribution is -2.20. The van der Waals surface area contributed by atoms with Gasteiger partial charge in [-0.1, -0.05) is 50.6 Å². The smallest absolute Gasteiger partial charge is 0.231 e. The molecule has 4 heteroatoms. The summed E-state index contributed by atoms with van der Waals surface area (Å²) >= 11 is 0. The summed E-state index contributed by atoms with van der Waals surface area (Å²) in [6.07, 6.45) is 4.49. The highest BCUT2D eigenvalue weighted by molar-refractivity contribution is 5.95. The molecule has 0 aliphatic rings. The molecule has 1 heterocycles. The van der Waals surface area contributed by atoms with Crippen molar-refractivity contribution in [3.8, 4) is 5.88 Å². The molecule has 4 nitrogen and oxygen atoms in total. The highest BCUT2D eigenvalue weighted by atomic mass is 16.5. The normalized spacial score (nSPS) is 11.7. The molecule has 0 saturated carbocycles. The fourth-order valence-corrected chi connectivity index (χ4v) is 2.35. The van der Waals surface area contributed by atoms with Crippen molar-refractivity contribution in [3.05, 3.63) is 54.2 Å². The summed E-state index contributed by atoms with van der Waals surface area (Å²) in [7, 11) is 0. The number of benzene rings is 1. The number of hydrogen-bond acceptors (Lipinski definition) is 3. The monoisotopic (exact) mass is 312 g/mol. The van der Waals surface area contributed by atoms with E-state index in [4.69, 9.17) is 4.74 Å². The van der Waals surface area contributed by atoms with E-state index >= 15 is 0 Å². The van der Waals surface area contributed by atoms with Gasteiger partial charge in [0.05, 0.1) is 24.4 Å². The van der Waals surface area contributed by atoms with Gasteiger partial charge in [0.2, 0.25) is 11.8 Å². The number of unbranched alkanes of at least 4 members (excludes halogenated alkanes) is 1. The lowest BCUT2D eigenvalue weighted by atomic mass is 9.95. The van der Waals surface area contributed by atoms with E-state index in [0.29, 0.717) is 18.2 Å². The quantitative estimate of drug-likeness (QED) is 0.735. The van der Waals surface area contributed by atoms with Crippen LogP contribution < -0.4 is 10.1 Å². The highest BCUT2D eigenvalue weighted by Crippen LogP contribution is 2.21. The lowest BCUT2D eigenvalue weighted by molar-refractivity contribution is -0.117. The van der Waals surface area contributed by atoms with Crippen molar-refractivity contribution in [2.45, 2.75) is 39.0 Å². The second-order valence-electron chi connectivity index (χ2n) is 5.45. The Kier molecular flexibility index (Phi) is 6.60. The third kappa shape index (κ3) is 5.09. The van der Waals surface area contributed by atoms with Crippen LogP contribution in [0.2, 0.25) is 0 Å². The van der Waals surface area contributed by atoms with E-state index in [0.717, 1.165) is 24.8 Å².